The van der Waals surface area contributed by atoms with E-state index in [2.05, 4.69) is 26.2 Å². The number of aryl methyl sites for hydroxylation is 2. The lowest BCUT2D eigenvalue weighted by Gasteiger charge is -2.13. The number of amides is 3. The number of benzene rings is 1. The Kier molecular flexibility index (Phi) is 6.13. The fourth-order valence-corrected chi connectivity index (χ4v) is 3.04. The first kappa shape index (κ1) is 18.9. The lowest BCUT2D eigenvalue weighted by Crippen LogP contribution is -2.39. The van der Waals surface area contributed by atoms with E-state index >= 15 is 0 Å². The molecule has 0 spiro atoms. The lowest BCUT2D eigenvalue weighted by atomic mass is 10.1. The summed E-state index contributed by atoms with van der Waals surface area (Å²) in [6.45, 7) is 9.47. The Labute approximate surface area is 150 Å². The van der Waals surface area contributed by atoms with E-state index in [9.17, 15) is 9.59 Å². The largest absolute Gasteiger partial charge is 0.325 e. The van der Waals surface area contributed by atoms with E-state index < -0.39 is 17.2 Å². The number of thioether (sulfide) groups is 1. The smallest absolute Gasteiger partial charge is 0.307 e. The van der Waals surface area contributed by atoms with Crippen LogP contribution in [-0.4, -0.2) is 37.4 Å². The maximum absolute atomic E-state index is 12.2. The average Bonchev–Trinajstić information content (AvgIpc) is 2.98. The van der Waals surface area contributed by atoms with Crippen molar-refractivity contribution >= 4 is 29.4 Å². The van der Waals surface area contributed by atoms with Crippen LogP contribution >= 0.6 is 11.8 Å². The van der Waals surface area contributed by atoms with Gasteiger partial charge in [0.1, 0.15) is 0 Å². The summed E-state index contributed by atoms with van der Waals surface area (Å²) in [5.41, 5.74) is 2.70. The quantitative estimate of drug-likeness (QED) is 0.793. The molecule has 0 aliphatic heterocycles. The first-order chi connectivity index (χ1) is 11.8. The fourth-order valence-electron chi connectivity index (χ4n) is 2.12. The highest BCUT2D eigenvalue weighted by atomic mass is 32.2. The number of urea groups is 1. The van der Waals surface area contributed by atoms with Crippen molar-refractivity contribution in [3.8, 4) is 0 Å². The van der Waals surface area contributed by atoms with Gasteiger partial charge in [-0.3, -0.25) is 10.1 Å². The summed E-state index contributed by atoms with van der Waals surface area (Å²) in [5, 5.41) is 16.5. The first-order valence-corrected chi connectivity index (χ1v) is 8.79. The van der Waals surface area contributed by atoms with Crippen LogP contribution in [0.5, 0.6) is 0 Å². The summed E-state index contributed by atoms with van der Waals surface area (Å²) in [6.07, 6.45) is 0. The zero-order chi connectivity index (χ0) is 18.6. The van der Waals surface area contributed by atoms with Crippen molar-refractivity contribution in [2.75, 3.05) is 5.32 Å². The number of aromatic nitrogens is 4. The van der Waals surface area contributed by atoms with Gasteiger partial charge in [-0.1, -0.05) is 29.5 Å². The molecule has 0 aliphatic rings. The topological polar surface area (TPSA) is 102 Å². The normalized spacial score (nSPS) is 12.1. The average molecular weight is 362 g/mol. The molecule has 2 rings (SSSR count). The molecule has 0 saturated heterocycles. The third-order valence-corrected chi connectivity index (χ3v) is 4.52. The third-order valence-electron chi connectivity index (χ3n) is 3.47. The maximum Gasteiger partial charge on any atom is 0.325 e. The highest BCUT2D eigenvalue weighted by Gasteiger charge is 2.21. The molecule has 0 bridgehead atoms. The molecule has 8 nitrogen and oxygen atoms in total. The molecule has 0 saturated carbocycles. The molecule has 1 heterocycles. The van der Waals surface area contributed by atoms with Crippen LogP contribution in [-0.2, 0) is 4.79 Å². The number of hydrogen-bond donors (Lipinski definition) is 2. The fraction of sp³-hybridized carbons (Fsp3) is 0.438. The Balaban J connectivity index is 1.94. The first-order valence-electron chi connectivity index (χ1n) is 7.91. The summed E-state index contributed by atoms with van der Waals surface area (Å²) in [5.74, 6) is -0.412. The van der Waals surface area contributed by atoms with E-state index in [1.165, 1.54) is 11.8 Å². The Morgan fingerprint density at radius 1 is 1.20 bits per heavy atom. The third kappa shape index (κ3) is 5.02. The van der Waals surface area contributed by atoms with Crippen LogP contribution in [0.1, 0.15) is 37.9 Å². The SMILES string of the molecule is Cc1ccc(NC(=O)NC(=O)[C@@H](C)Sc2nnnn2C(C)C)c(C)c1. The maximum atomic E-state index is 12.2. The molecule has 0 unspecified atom stereocenters. The van der Waals surface area contributed by atoms with Crippen LogP contribution in [0, 0.1) is 13.8 Å². The molecule has 25 heavy (non-hydrogen) atoms. The number of rotatable bonds is 5. The second kappa shape index (κ2) is 8.11. The molecular weight excluding hydrogens is 340 g/mol. The van der Waals surface area contributed by atoms with Crippen molar-refractivity contribution in [1.82, 2.24) is 25.5 Å². The van der Waals surface area contributed by atoms with Gasteiger partial charge in [0.2, 0.25) is 11.1 Å². The van der Waals surface area contributed by atoms with Crippen molar-refractivity contribution < 1.29 is 9.59 Å². The Morgan fingerprint density at radius 3 is 2.56 bits per heavy atom. The van der Waals surface area contributed by atoms with E-state index in [-0.39, 0.29) is 6.04 Å². The second-order valence-electron chi connectivity index (χ2n) is 6.02. The highest BCUT2D eigenvalue weighted by molar-refractivity contribution is 8.00. The predicted molar refractivity (Wildman–Crippen MR) is 96.6 cm³/mol. The van der Waals surface area contributed by atoms with Crippen LogP contribution in [0.15, 0.2) is 23.4 Å². The minimum atomic E-state index is -0.562. The van der Waals surface area contributed by atoms with Crippen LogP contribution in [0.4, 0.5) is 10.5 Å². The number of carbonyl (C=O) groups excluding carboxylic acids is 2. The Hall–Kier alpha value is -2.42. The molecule has 1 aromatic heterocycles. The number of hydrogen-bond acceptors (Lipinski definition) is 6. The summed E-state index contributed by atoms with van der Waals surface area (Å²) >= 11 is 1.20. The monoisotopic (exact) mass is 362 g/mol. The zero-order valence-electron chi connectivity index (χ0n) is 14.9. The standard InChI is InChI=1S/C16H22N6O2S/c1-9(2)22-16(19-20-21-22)25-12(5)14(23)18-15(24)17-13-7-6-10(3)8-11(13)4/h6-9,12H,1-5H3,(H2,17,18,23,24)/t12-/m1/s1. The van der Waals surface area contributed by atoms with E-state index in [1.807, 2.05) is 45.9 Å². The van der Waals surface area contributed by atoms with Gasteiger partial charge >= 0.3 is 6.03 Å². The van der Waals surface area contributed by atoms with Crippen molar-refractivity contribution in [3.05, 3.63) is 29.3 Å². The number of imide groups is 1. The molecule has 134 valence electrons. The van der Waals surface area contributed by atoms with Gasteiger partial charge in [-0.25, -0.2) is 9.48 Å². The number of anilines is 1. The van der Waals surface area contributed by atoms with Crippen LogP contribution < -0.4 is 10.6 Å². The van der Waals surface area contributed by atoms with E-state index in [1.54, 1.807) is 11.6 Å². The van der Waals surface area contributed by atoms with Gasteiger partial charge in [0.25, 0.3) is 0 Å². The number of nitrogens with one attached hydrogen (secondary N) is 2. The van der Waals surface area contributed by atoms with Gasteiger partial charge in [0.15, 0.2) is 0 Å². The van der Waals surface area contributed by atoms with Crippen LogP contribution in [0.3, 0.4) is 0 Å². The van der Waals surface area contributed by atoms with E-state index in [0.717, 1.165) is 11.1 Å². The Bertz CT molecular complexity index is 774. The summed E-state index contributed by atoms with van der Waals surface area (Å²) in [6, 6.07) is 5.19. The van der Waals surface area contributed by atoms with Gasteiger partial charge in [-0.2, -0.15) is 0 Å². The van der Waals surface area contributed by atoms with Crippen molar-refractivity contribution in [1.29, 1.82) is 0 Å². The van der Waals surface area contributed by atoms with Crippen molar-refractivity contribution in [3.63, 3.8) is 0 Å². The molecule has 1 atom stereocenters. The summed E-state index contributed by atoms with van der Waals surface area (Å²) < 4.78 is 1.63. The minimum absolute atomic E-state index is 0.0839. The number of carbonyl (C=O) groups is 2. The van der Waals surface area contributed by atoms with Gasteiger partial charge in [-0.15, -0.1) is 5.10 Å². The molecular formula is C16H22N6O2S. The molecule has 9 heteroatoms. The molecule has 1 aromatic carbocycles. The van der Waals surface area contributed by atoms with Gasteiger partial charge in [0.05, 0.1) is 11.3 Å². The number of tetrazole rings is 1. The van der Waals surface area contributed by atoms with Crippen molar-refractivity contribution in [2.24, 2.45) is 0 Å². The Morgan fingerprint density at radius 2 is 1.92 bits per heavy atom. The molecule has 0 fully saturated rings. The van der Waals surface area contributed by atoms with Gasteiger partial charge in [0, 0.05) is 5.69 Å². The van der Waals surface area contributed by atoms with Gasteiger partial charge < -0.3 is 5.32 Å². The molecule has 2 aromatic rings. The highest BCUT2D eigenvalue weighted by Crippen LogP contribution is 2.22. The van der Waals surface area contributed by atoms with Crippen molar-refractivity contribution in [2.45, 2.75) is 51.1 Å². The van der Waals surface area contributed by atoms with Gasteiger partial charge in [-0.05, 0) is 56.7 Å². The zero-order valence-corrected chi connectivity index (χ0v) is 15.7. The van der Waals surface area contributed by atoms with E-state index in [0.29, 0.717) is 10.8 Å². The summed E-state index contributed by atoms with van der Waals surface area (Å²) in [7, 11) is 0. The molecule has 2 N–H and O–H groups in total. The van der Waals surface area contributed by atoms with Crippen LogP contribution in [0.2, 0.25) is 0 Å². The minimum Gasteiger partial charge on any atom is -0.307 e. The molecule has 0 aliphatic carbocycles. The van der Waals surface area contributed by atoms with Crippen LogP contribution in [0.25, 0.3) is 0 Å². The molecule has 0 radical (unpaired) electrons. The molecule has 3 amide bonds. The predicted octanol–water partition coefficient (Wildman–Crippen LogP) is 2.70. The number of nitrogens with zero attached hydrogens (tertiary/aromatic N) is 4. The summed E-state index contributed by atoms with van der Waals surface area (Å²) in [4.78, 5) is 24.3. The van der Waals surface area contributed by atoms with E-state index in [4.69, 9.17) is 0 Å². The lowest BCUT2D eigenvalue weighted by molar-refractivity contribution is -0.119. The second-order valence-corrected chi connectivity index (χ2v) is 7.33.